The summed E-state index contributed by atoms with van der Waals surface area (Å²) in [6.45, 7) is 2.01. The van der Waals surface area contributed by atoms with E-state index in [9.17, 15) is 0 Å². The van der Waals surface area contributed by atoms with E-state index in [-0.39, 0.29) is 6.04 Å². The molecule has 0 saturated heterocycles. The lowest BCUT2D eigenvalue weighted by Crippen LogP contribution is -2.19. The highest BCUT2D eigenvalue weighted by atomic mass is 35.5. The van der Waals surface area contributed by atoms with Crippen molar-refractivity contribution in [2.45, 2.75) is 19.4 Å². The Bertz CT molecular complexity index is 578. The van der Waals surface area contributed by atoms with E-state index in [2.05, 4.69) is 10.4 Å². The predicted octanol–water partition coefficient (Wildman–Crippen LogP) is 3.54. The minimum atomic E-state index is 0.171. The second kappa shape index (κ2) is 5.95. The number of nitrogens with one attached hydrogen (secondary N) is 1. The van der Waals surface area contributed by atoms with Crippen LogP contribution >= 0.6 is 23.2 Å². The Labute approximate surface area is 123 Å². The van der Waals surface area contributed by atoms with Crippen molar-refractivity contribution in [1.82, 2.24) is 15.1 Å². The molecule has 102 valence electrons. The number of benzene rings is 1. The lowest BCUT2D eigenvalue weighted by atomic mass is 9.99. The molecule has 0 spiro atoms. The molecule has 1 heterocycles. The normalized spacial score (nSPS) is 12.7. The first-order valence-corrected chi connectivity index (χ1v) is 6.88. The summed E-state index contributed by atoms with van der Waals surface area (Å²) in [7, 11) is 3.87. The van der Waals surface area contributed by atoms with Gasteiger partial charge in [0.15, 0.2) is 0 Å². The van der Waals surface area contributed by atoms with Gasteiger partial charge in [0.2, 0.25) is 0 Å². The van der Waals surface area contributed by atoms with Gasteiger partial charge in [-0.05, 0) is 44.2 Å². The smallest absolute Gasteiger partial charge is 0.0641 e. The van der Waals surface area contributed by atoms with Crippen LogP contribution in [0.15, 0.2) is 24.4 Å². The quantitative estimate of drug-likeness (QED) is 0.935. The molecule has 0 saturated carbocycles. The largest absolute Gasteiger partial charge is 0.313 e. The Kier molecular flexibility index (Phi) is 4.50. The van der Waals surface area contributed by atoms with Crippen molar-refractivity contribution >= 4 is 23.2 Å². The van der Waals surface area contributed by atoms with E-state index in [0.717, 1.165) is 22.7 Å². The van der Waals surface area contributed by atoms with Gasteiger partial charge in [0.1, 0.15) is 0 Å². The SMILES string of the molecule is CNC(Cc1cc(Cl)ccc1Cl)c1cn(C)nc1C. The molecule has 1 N–H and O–H groups in total. The number of hydrogen-bond acceptors (Lipinski definition) is 2. The van der Waals surface area contributed by atoms with E-state index in [1.165, 1.54) is 5.56 Å². The number of aromatic nitrogens is 2. The molecule has 19 heavy (non-hydrogen) atoms. The van der Waals surface area contributed by atoms with Crippen LogP contribution in [0.25, 0.3) is 0 Å². The van der Waals surface area contributed by atoms with E-state index in [1.54, 1.807) is 6.07 Å². The maximum atomic E-state index is 6.22. The Morgan fingerprint density at radius 1 is 1.37 bits per heavy atom. The first-order chi connectivity index (χ1) is 9.01. The highest BCUT2D eigenvalue weighted by molar-refractivity contribution is 6.33. The molecule has 0 bridgehead atoms. The maximum absolute atomic E-state index is 6.22. The van der Waals surface area contributed by atoms with Gasteiger partial charge in [0.25, 0.3) is 0 Å². The minimum absolute atomic E-state index is 0.171. The molecule has 1 atom stereocenters. The van der Waals surface area contributed by atoms with Gasteiger partial charge in [-0.2, -0.15) is 5.10 Å². The van der Waals surface area contributed by atoms with Crippen molar-refractivity contribution in [2.75, 3.05) is 7.05 Å². The fourth-order valence-electron chi connectivity index (χ4n) is 2.25. The average molecular weight is 298 g/mol. The molecular formula is C14H17Cl2N3. The zero-order valence-corrected chi connectivity index (χ0v) is 12.8. The number of halogens is 2. The summed E-state index contributed by atoms with van der Waals surface area (Å²) in [4.78, 5) is 0. The minimum Gasteiger partial charge on any atom is -0.313 e. The third kappa shape index (κ3) is 3.30. The summed E-state index contributed by atoms with van der Waals surface area (Å²) in [5.74, 6) is 0. The first kappa shape index (κ1) is 14.4. The van der Waals surface area contributed by atoms with Crippen LogP contribution in [-0.2, 0) is 13.5 Å². The molecule has 0 aliphatic heterocycles. The molecule has 0 aliphatic carbocycles. The van der Waals surface area contributed by atoms with E-state index in [4.69, 9.17) is 23.2 Å². The summed E-state index contributed by atoms with van der Waals surface area (Å²) in [5.41, 5.74) is 3.25. The van der Waals surface area contributed by atoms with Crippen molar-refractivity contribution in [2.24, 2.45) is 7.05 Å². The third-order valence-corrected chi connectivity index (χ3v) is 3.81. The van der Waals surface area contributed by atoms with E-state index in [0.29, 0.717) is 5.02 Å². The van der Waals surface area contributed by atoms with Gasteiger partial charge in [-0.15, -0.1) is 0 Å². The molecule has 2 rings (SSSR count). The molecule has 2 aromatic rings. The van der Waals surface area contributed by atoms with Crippen molar-refractivity contribution in [3.05, 3.63) is 51.3 Å². The molecule has 5 heteroatoms. The van der Waals surface area contributed by atoms with Gasteiger partial charge < -0.3 is 5.32 Å². The number of aryl methyl sites for hydroxylation is 2. The Morgan fingerprint density at radius 3 is 2.68 bits per heavy atom. The van der Waals surface area contributed by atoms with Crippen LogP contribution in [0.5, 0.6) is 0 Å². The Morgan fingerprint density at radius 2 is 2.11 bits per heavy atom. The van der Waals surface area contributed by atoms with Crippen LogP contribution in [-0.4, -0.2) is 16.8 Å². The summed E-state index contributed by atoms with van der Waals surface area (Å²) in [5, 5.41) is 9.14. The van der Waals surface area contributed by atoms with E-state index < -0.39 is 0 Å². The van der Waals surface area contributed by atoms with Crippen molar-refractivity contribution < 1.29 is 0 Å². The Balaban J connectivity index is 2.29. The third-order valence-electron chi connectivity index (χ3n) is 3.21. The number of nitrogens with zero attached hydrogens (tertiary/aromatic N) is 2. The van der Waals surface area contributed by atoms with E-state index >= 15 is 0 Å². The lowest BCUT2D eigenvalue weighted by Gasteiger charge is -2.16. The van der Waals surface area contributed by atoms with Crippen LogP contribution in [0, 0.1) is 6.92 Å². The molecule has 0 fully saturated rings. The average Bonchev–Trinajstić information content (AvgIpc) is 2.69. The number of hydrogen-bond donors (Lipinski definition) is 1. The van der Waals surface area contributed by atoms with Crippen LogP contribution in [0.2, 0.25) is 10.0 Å². The van der Waals surface area contributed by atoms with Crippen molar-refractivity contribution in [3.8, 4) is 0 Å². The summed E-state index contributed by atoms with van der Waals surface area (Å²) in [6, 6.07) is 5.73. The summed E-state index contributed by atoms with van der Waals surface area (Å²) < 4.78 is 1.83. The van der Waals surface area contributed by atoms with Crippen molar-refractivity contribution in [1.29, 1.82) is 0 Å². The number of likely N-dealkylation sites (N-methyl/N-ethyl adjacent to an activating group) is 1. The summed E-state index contributed by atoms with van der Waals surface area (Å²) in [6.07, 6.45) is 2.82. The number of rotatable bonds is 4. The zero-order valence-electron chi connectivity index (χ0n) is 11.2. The fraction of sp³-hybridized carbons (Fsp3) is 0.357. The fourth-order valence-corrected chi connectivity index (χ4v) is 2.64. The van der Waals surface area contributed by atoms with Gasteiger partial charge >= 0.3 is 0 Å². The molecule has 1 aromatic heterocycles. The second-order valence-electron chi connectivity index (χ2n) is 4.62. The molecule has 1 unspecified atom stereocenters. The van der Waals surface area contributed by atoms with E-state index in [1.807, 2.05) is 44.0 Å². The zero-order chi connectivity index (χ0) is 14.0. The molecule has 0 radical (unpaired) electrons. The predicted molar refractivity (Wildman–Crippen MR) is 79.9 cm³/mol. The topological polar surface area (TPSA) is 29.9 Å². The van der Waals surface area contributed by atoms with Crippen LogP contribution in [0.1, 0.15) is 22.9 Å². The molecular weight excluding hydrogens is 281 g/mol. The molecule has 1 aromatic carbocycles. The first-order valence-electron chi connectivity index (χ1n) is 6.12. The highest BCUT2D eigenvalue weighted by Gasteiger charge is 2.16. The van der Waals surface area contributed by atoms with Crippen LogP contribution in [0.4, 0.5) is 0 Å². The van der Waals surface area contributed by atoms with Crippen molar-refractivity contribution in [3.63, 3.8) is 0 Å². The lowest BCUT2D eigenvalue weighted by molar-refractivity contribution is 0.588. The van der Waals surface area contributed by atoms with Crippen LogP contribution in [0.3, 0.4) is 0 Å². The molecule has 0 aliphatic rings. The Hall–Kier alpha value is -1.03. The van der Waals surface area contributed by atoms with Gasteiger partial charge in [-0.25, -0.2) is 0 Å². The van der Waals surface area contributed by atoms with Gasteiger partial charge in [0, 0.05) is 34.9 Å². The second-order valence-corrected chi connectivity index (χ2v) is 5.47. The van der Waals surface area contributed by atoms with Crippen LogP contribution < -0.4 is 5.32 Å². The summed E-state index contributed by atoms with van der Waals surface area (Å²) >= 11 is 12.3. The standard InChI is InChI=1S/C14H17Cl2N3/c1-9-12(8-19(3)18-9)14(17-2)7-10-6-11(15)4-5-13(10)16/h4-6,8,14,17H,7H2,1-3H3. The van der Waals surface area contributed by atoms with Gasteiger partial charge in [-0.1, -0.05) is 23.2 Å². The monoisotopic (exact) mass is 297 g/mol. The molecule has 3 nitrogen and oxygen atoms in total. The van der Waals surface area contributed by atoms with Gasteiger partial charge in [-0.3, -0.25) is 4.68 Å². The molecule has 0 amide bonds. The van der Waals surface area contributed by atoms with Gasteiger partial charge in [0.05, 0.1) is 5.69 Å². The highest BCUT2D eigenvalue weighted by Crippen LogP contribution is 2.27. The maximum Gasteiger partial charge on any atom is 0.0641 e.